The highest BCUT2D eigenvalue weighted by atomic mass is 16.3. The summed E-state index contributed by atoms with van der Waals surface area (Å²) in [5, 5.41) is 1.79. The van der Waals surface area contributed by atoms with E-state index in [9.17, 15) is 0 Å². The first-order valence-corrected chi connectivity index (χ1v) is 16.5. The molecule has 8 aromatic rings. The third kappa shape index (κ3) is 4.93. The molecule has 0 aliphatic rings. The van der Waals surface area contributed by atoms with E-state index in [1.807, 2.05) is 54.6 Å². The minimum Gasteiger partial charge on any atom is -0.457 e. The molecule has 1 nitrogen and oxygen atoms in total. The van der Waals surface area contributed by atoms with Crippen LogP contribution in [0.25, 0.3) is 76.9 Å². The Morgan fingerprint density at radius 1 is 0.241 bits per heavy atom. The summed E-state index contributed by atoms with van der Waals surface area (Å²) in [6.45, 7) is 0. The third-order valence-corrected chi connectivity index (χ3v) is 10.5. The summed E-state index contributed by atoms with van der Waals surface area (Å²) in [5.41, 5.74) is 4.19. The Hall–Kier alpha value is -4.17. The van der Waals surface area contributed by atoms with Crippen LogP contribution in [0.5, 0.6) is 0 Å². The van der Waals surface area contributed by atoms with Crippen molar-refractivity contribution in [3.8, 4) is 33.4 Å². The molecular formula is C38H9B15O. The molecule has 0 fully saturated rings. The van der Waals surface area contributed by atoms with Crippen molar-refractivity contribution in [3.63, 3.8) is 0 Å². The number of hydrogen-bond donors (Lipinski definition) is 0. The molecule has 0 atom stereocenters. The van der Waals surface area contributed by atoms with Gasteiger partial charge in [0.05, 0.1) is 0 Å². The molecule has 30 radical (unpaired) electrons. The normalized spacial score (nSPS) is 11.7. The van der Waals surface area contributed by atoms with E-state index in [0.717, 1.165) is 11.1 Å². The van der Waals surface area contributed by atoms with Crippen LogP contribution in [-0.2, 0) is 0 Å². The highest BCUT2D eigenvalue weighted by Crippen LogP contribution is 2.41. The molecule has 54 heavy (non-hydrogen) atoms. The number of fused-ring (bicyclic) bond motifs is 5. The maximum Gasteiger partial charge on any atom is 0.127 e. The van der Waals surface area contributed by atoms with Crippen molar-refractivity contribution in [2.24, 2.45) is 0 Å². The number of furan rings is 1. The zero-order valence-corrected chi connectivity index (χ0v) is 28.8. The topological polar surface area (TPSA) is 13.1 Å². The van der Waals surface area contributed by atoms with Crippen LogP contribution in [0, 0.1) is 0 Å². The van der Waals surface area contributed by atoms with Gasteiger partial charge in [-0.15, -0.1) is 32.8 Å². The molecular weight excluding hydrogens is 635 g/mol. The van der Waals surface area contributed by atoms with Crippen molar-refractivity contribution in [1.82, 2.24) is 0 Å². The van der Waals surface area contributed by atoms with E-state index in [1.54, 1.807) is 0 Å². The van der Waals surface area contributed by atoms with Crippen LogP contribution in [0.1, 0.15) is 0 Å². The fraction of sp³-hybridized carbons (Fsp3) is 0. The third-order valence-electron chi connectivity index (χ3n) is 10.5. The Bertz CT molecular complexity index is 2890. The van der Waals surface area contributed by atoms with Gasteiger partial charge in [0.2, 0.25) is 0 Å². The summed E-state index contributed by atoms with van der Waals surface area (Å²) in [5.74, 6) is 0. The van der Waals surface area contributed by atoms with Crippen LogP contribution in [0.15, 0.2) is 59.0 Å². The van der Waals surface area contributed by atoms with Crippen LogP contribution >= 0.6 is 0 Å². The van der Waals surface area contributed by atoms with Gasteiger partial charge in [0, 0.05) is 10.8 Å². The Kier molecular flexibility index (Phi) is 8.83. The highest BCUT2D eigenvalue weighted by Gasteiger charge is 2.28. The van der Waals surface area contributed by atoms with Crippen molar-refractivity contribution in [1.29, 1.82) is 0 Å². The summed E-state index contributed by atoms with van der Waals surface area (Å²) >= 11 is 0. The largest absolute Gasteiger partial charge is 0.457 e. The minimum atomic E-state index is -0.0264. The highest BCUT2D eigenvalue weighted by molar-refractivity contribution is 6.73. The van der Waals surface area contributed by atoms with Crippen molar-refractivity contribution in [2.45, 2.75) is 0 Å². The maximum absolute atomic E-state index is 7.13. The van der Waals surface area contributed by atoms with Crippen LogP contribution in [0.2, 0.25) is 0 Å². The standard InChI is InChI=1S/C38H9B15O/c39-22-19(27(44)35(52)37-20(22)21-28(45)33(50)34(51)36(53)38(21)54-37)14-17-15(23(40)29(46)31(48)25(17)42)13(16-18(14)26(43)32(49)30(47)24(16)41)12-8-6-11(7-9-12)10-4-2-1-3-5-10/h1-9H. The molecule has 0 spiro atoms. The van der Waals surface area contributed by atoms with E-state index in [4.69, 9.17) is 122 Å². The molecule has 0 N–H and O–H groups in total. The van der Waals surface area contributed by atoms with Crippen LogP contribution in [-0.4, -0.2) is 118 Å². The van der Waals surface area contributed by atoms with Gasteiger partial charge in [-0.1, -0.05) is 104 Å². The first kappa shape index (κ1) is 36.8. The summed E-state index contributed by atoms with van der Waals surface area (Å²) in [6.07, 6.45) is 0. The Balaban J connectivity index is 1.65. The van der Waals surface area contributed by atoms with E-state index in [2.05, 4.69) is 0 Å². The number of benzene rings is 7. The van der Waals surface area contributed by atoms with Gasteiger partial charge in [0.15, 0.2) is 0 Å². The van der Waals surface area contributed by atoms with Gasteiger partial charge in [-0.25, -0.2) is 0 Å². The molecule has 0 saturated carbocycles. The second kappa shape index (κ2) is 13.0. The summed E-state index contributed by atoms with van der Waals surface area (Å²) in [4.78, 5) is 0. The molecule has 1 heterocycles. The molecule has 1 aromatic heterocycles. The first-order chi connectivity index (χ1) is 25.6. The lowest BCUT2D eigenvalue weighted by molar-refractivity contribution is 0.675. The van der Waals surface area contributed by atoms with Crippen molar-refractivity contribution in [2.75, 3.05) is 0 Å². The van der Waals surface area contributed by atoms with Crippen molar-refractivity contribution >= 4 is 243 Å². The molecule has 16 heteroatoms. The van der Waals surface area contributed by atoms with E-state index in [1.165, 1.54) is 0 Å². The van der Waals surface area contributed by atoms with Gasteiger partial charge < -0.3 is 4.42 Å². The van der Waals surface area contributed by atoms with E-state index in [-0.39, 0.29) is 126 Å². The maximum atomic E-state index is 7.13. The van der Waals surface area contributed by atoms with Crippen LogP contribution in [0.3, 0.4) is 0 Å². The van der Waals surface area contributed by atoms with Gasteiger partial charge in [0.25, 0.3) is 0 Å². The van der Waals surface area contributed by atoms with Gasteiger partial charge >= 0.3 is 0 Å². The summed E-state index contributed by atoms with van der Waals surface area (Å²) in [6, 6.07) is 17.6. The van der Waals surface area contributed by atoms with E-state index < -0.39 is 0 Å². The molecule has 212 valence electrons. The SMILES string of the molecule is [B]c1c([B])c([B])c2c(oc3c([B])c([B])c(-c4c5c([B])c([B])c([B])c([B])c5c(-c5ccc(-c6ccccc6)cc5)c5c([B])c([B])c([B])c([B])c45)c([B])c32)c1[B]. The fourth-order valence-corrected chi connectivity index (χ4v) is 7.61. The predicted octanol–water partition coefficient (Wildman–Crippen LogP) is -7.20. The minimum absolute atomic E-state index is 0.00107. The summed E-state index contributed by atoms with van der Waals surface area (Å²) in [7, 11) is 100. The second-order valence-corrected chi connectivity index (χ2v) is 13.3. The molecule has 0 amide bonds. The quantitative estimate of drug-likeness (QED) is 0.138. The predicted molar refractivity (Wildman–Crippen MR) is 246 cm³/mol. The molecule has 0 unspecified atom stereocenters. The lowest BCUT2D eigenvalue weighted by Crippen LogP contribution is -2.50. The molecule has 8 rings (SSSR count). The molecule has 7 aromatic carbocycles. The number of rotatable bonds is 3. The van der Waals surface area contributed by atoms with Gasteiger partial charge in [-0.3, -0.25) is 0 Å². The van der Waals surface area contributed by atoms with Gasteiger partial charge in [-0.05, 0) is 54.9 Å². The smallest absolute Gasteiger partial charge is 0.127 e. The lowest BCUT2D eigenvalue weighted by atomic mass is 9.58. The second-order valence-electron chi connectivity index (χ2n) is 13.3. The van der Waals surface area contributed by atoms with Crippen LogP contribution in [0.4, 0.5) is 0 Å². The van der Waals surface area contributed by atoms with E-state index in [0.29, 0.717) is 21.9 Å². The molecule has 0 bridgehead atoms. The zero-order chi connectivity index (χ0) is 38.8. The number of hydrogen-bond acceptors (Lipinski definition) is 1. The summed E-state index contributed by atoms with van der Waals surface area (Å²) < 4.78 is 6.14. The molecule has 0 aliphatic heterocycles. The monoisotopic (exact) mass is 646 g/mol. The van der Waals surface area contributed by atoms with Gasteiger partial charge in [0.1, 0.15) is 129 Å². The first-order valence-electron chi connectivity index (χ1n) is 16.5. The van der Waals surface area contributed by atoms with Crippen molar-refractivity contribution < 1.29 is 4.42 Å². The lowest BCUT2D eigenvalue weighted by Gasteiger charge is -2.30. The zero-order valence-electron chi connectivity index (χ0n) is 28.8. The van der Waals surface area contributed by atoms with E-state index >= 15 is 0 Å². The fourth-order valence-electron chi connectivity index (χ4n) is 7.61. The Morgan fingerprint density at radius 2 is 0.574 bits per heavy atom. The van der Waals surface area contributed by atoms with Gasteiger partial charge in [-0.2, -0.15) is 0 Å². The average molecular weight is 644 g/mol. The Morgan fingerprint density at radius 3 is 1.04 bits per heavy atom. The molecule has 0 saturated heterocycles. The van der Waals surface area contributed by atoms with Crippen LogP contribution < -0.4 is 81.9 Å². The average Bonchev–Trinajstić information content (AvgIpc) is 3.59. The van der Waals surface area contributed by atoms with Crippen molar-refractivity contribution in [3.05, 3.63) is 54.6 Å². The molecule has 0 aliphatic carbocycles. The Labute approximate surface area is 333 Å².